The highest BCUT2D eigenvalue weighted by Gasteiger charge is 2.39. The Morgan fingerprint density at radius 3 is 2.62 bits per heavy atom. The molecule has 1 N–H and O–H groups in total. The van der Waals surface area contributed by atoms with Gasteiger partial charge in [0.1, 0.15) is 5.25 Å². The summed E-state index contributed by atoms with van der Waals surface area (Å²) >= 11 is 3.12. The smallest absolute Gasteiger partial charge is 0.289 e. The highest BCUT2D eigenvalue weighted by Crippen LogP contribution is 2.29. The summed E-state index contributed by atoms with van der Waals surface area (Å²) in [6.45, 7) is 2.32. The van der Waals surface area contributed by atoms with Crippen molar-refractivity contribution in [1.82, 2.24) is 4.90 Å². The third-order valence-electron chi connectivity index (χ3n) is 2.95. The predicted molar refractivity (Wildman–Crippen MR) is 91.2 cm³/mol. The molecule has 112 valence electrons. The van der Waals surface area contributed by atoms with Gasteiger partial charge in [-0.05, 0) is 53.3 Å². The Kier molecular flexibility index (Phi) is 5.63. The van der Waals surface area contributed by atoms with Gasteiger partial charge in [-0.1, -0.05) is 18.7 Å². The molecule has 21 heavy (non-hydrogen) atoms. The molecule has 3 amide bonds. The molecule has 0 unspecified atom stereocenters. The van der Waals surface area contributed by atoms with E-state index in [1.54, 1.807) is 12.1 Å². The lowest BCUT2D eigenvalue weighted by Gasteiger charge is -2.12. The molecule has 1 aliphatic heterocycles. The highest BCUT2D eigenvalue weighted by molar-refractivity contribution is 14.1. The molecule has 1 aromatic rings. The minimum absolute atomic E-state index is 0.0153. The second kappa shape index (κ2) is 7.26. The maximum atomic E-state index is 12.0. The first kappa shape index (κ1) is 16.3. The van der Waals surface area contributed by atoms with E-state index in [1.165, 1.54) is 4.90 Å². The van der Waals surface area contributed by atoms with E-state index in [0.717, 1.165) is 21.8 Å². The SMILES string of the molecule is CCCN1C(=O)S[C@@H](CC(=O)Nc2ccc(I)cc2)C1=O. The third-order valence-corrected chi connectivity index (χ3v) is 4.74. The molecule has 0 aromatic heterocycles. The number of imide groups is 1. The number of carbonyl (C=O) groups excluding carboxylic acids is 3. The number of amides is 3. The molecule has 0 bridgehead atoms. The fraction of sp³-hybridized carbons (Fsp3) is 0.357. The van der Waals surface area contributed by atoms with Gasteiger partial charge < -0.3 is 5.32 Å². The molecule has 1 saturated heterocycles. The van der Waals surface area contributed by atoms with Gasteiger partial charge in [0, 0.05) is 22.2 Å². The van der Waals surface area contributed by atoms with Crippen molar-refractivity contribution in [3.8, 4) is 0 Å². The van der Waals surface area contributed by atoms with Crippen LogP contribution in [0, 0.1) is 3.57 Å². The van der Waals surface area contributed by atoms with Crippen LogP contribution in [0.4, 0.5) is 10.5 Å². The van der Waals surface area contributed by atoms with Crippen LogP contribution in [0.25, 0.3) is 0 Å². The zero-order chi connectivity index (χ0) is 15.4. The molecule has 7 heteroatoms. The van der Waals surface area contributed by atoms with Gasteiger partial charge in [0.25, 0.3) is 5.24 Å². The zero-order valence-electron chi connectivity index (χ0n) is 11.5. The van der Waals surface area contributed by atoms with Crippen LogP contribution >= 0.6 is 34.4 Å². The van der Waals surface area contributed by atoms with Gasteiger partial charge in [-0.15, -0.1) is 0 Å². The summed E-state index contributed by atoms with van der Waals surface area (Å²) < 4.78 is 1.08. The van der Waals surface area contributed by atoms with Gasteiger partial charge in [0.2, 0.25) is 11.8 Å². The van der Waals surface area contributed by atoms with Crippen LogP contribution in [0.2, 0.25) is 0 Å². The monoisotopic (exact) mass is 418 g/mol. The number of hydrogen-bond acceptors (Lipinski definition) is 4. The summed E-state index contributed by atoms with van der Waals surface area (Å²) in [5, 5.41) is 1.88. The van der Waals surface area contributed by atoms with Gasteiger partial charge in [0.05, 0.1) is 0 Å². The van der Waals surface area contributed by atoms with Crippen molar-refractivity contribution in [2.45, 2.75) is 25.0 Å². The Balaban J connectivity index is 1.92. The topological polar surface area (TPSA) is 66.5 Å². The molecule has 1 heterocycles. The highest BCUT2D eigenvalue weighted by atomic mass is 127. The first-order chi connectivity index (χ1) is 10.0. The van der Waals surface area contributed by atoms with Crippen LogP contribution in [0.5, 0.6) is 0 Å². The van der Waals surface area contributed by atoms with E-state index in [0.29, 0.717) is 12.2 Å². The quantitative estimate of drug-likeness (QED) is 0.747. The molecule has 1 atom stereocenters. The third kappa shape index (κ3) is 4.19. The van der Waals surface area contributed by atoms with Crippen LogP contribution < -0.4 is 5.32 Å². The molecule has 5 nitrogen and oxygen atoms in total. The number of halogens is 1. The molecule has 1 fully saturated rings. The van der Waals surface area contributed by atoms with Crippen LogP contribution in [0.1, 0.15) is 19.8 Å². The summed E-state index contributed by atoms with van der Waals surface area (Å²) in [5.41, 5.74) is 0.688. The number of carbonyl (C=O) groups is 3. The summed E-state index contributed by atoms with van der Waals surface area (Å²) in [7, 11) is 0. The number of rotatable bonds is 5. The average molecular weight is 418 g/mol. The van der Waals surface area contributed by atoms with E-state index < -0.39 is 5.25 Å². The summed E-state index contributed by atoms with van der Waals surface area (Å²) in [6.07, 6.45) is 0.737. The van der Waals surface area contributed by atoms with Crippen molar-refractivity contribution in [1.29, 1.82) is 0 Å². The molecule has 2 rings (SSSR count). The maximum Gasteiger partial charge on any atom is 0.289 e. The average Bonchev–Trinajstić information content (AvgIpc) is 2.69. The van der Waals surface area contributed by atoms with Crippen LogP contribution in [-0.4, -0.2) is 33.7 Å². The van der Waals surface area contributed by atoms with Gasteiger partial charge in [0.15, 0.2) is 0 Å². The lowest BCUT2D eigenvalue weighted by molar-refractivity contribution is -0.128. The van der Waals surface area contributed by atoms with Crippen LogP contribution in [0.3, 0.4) is 0 Å². The van der Waals surface area contributed by atoms with Crippen molar-refractivity contribution < 1.29 is 14.4 Å². The standard InChI is InChI=1S/C14H15IN2O3S/c1-2-7-17-13(19)11(21-14(17)20)8-12(18)16-10-5-3-9(15)4-6-10/h3-6,11H,2,7-8H2,1H3,(H,16,18)/t11-/m0/s1. The van der Waals surface area contributed by atoms with Gasteiger partial charge >= 0.3 is 0 Å². The fourth-order valence-corrected chi connectivity index (χ4v) is 3.34. The predicted octanol–water partition coefficient (Wildman–Crippen LogP) is 3.09. The first-order valence-electron chi connectivity index (χ1n) is 6.58. The van der Waals surface area contributed by atoms with E-state index in [9.17, 15) is 14.4 Å². The van der Waals surface area contributed by atoms with Crippen LogP contribution in [0.15, 0.2) is 24.3 Å². The Morgan fingerprint density at radius 1 is 1.33 bits per heavy atom. The molecule has 0 aliphatic carbocycles. The van der Waals surface area contributed by atoms with Gasteiger partial charge in [-0.3, -0.25) is 19.3 Å². The maximum absolute atomic E-state index is 12.0. The van der Waals surface area contributed by atoms with Crippen LogP contribution in [-0.2, 0) is 9.59 Å². The second-order valence-corrected chi connectivity index (χ2v) is 7.02. The molecule has 1 aliphatic rings. The lowest BCUT2D eigenvalue weighted by atomic mass is 10.2. The van der Waals surface area contributed by atoms with E-state index >= 15 is 0 Å². The lowest BCUT2D eigenvalue weighted by Crippen LogP contribution is -2.33. The van der Waals surface area contributed by atoms with Crippen molar-refractivity contribution in [2.24, 2.45) is 0 Å². The van der Waals surface area contributed by atoms with Crippen molar-refractivity contribution in [3.63, 3.8) is 0 Å². The molecule has 1 aromatic carbocycles. The van der Waals surface area contributed by atoms with E-state index in [1.807, 2.05) is 19.1 Å². The Labute approximate surface area is 141 Å². The minimum atomic E-state index is -0.604. The van der Waals surface area contributed by atoms with E-state index in [4.69, 9.17) is 0 Å². The van der Waals surface area contributed by atoms with Crippen molar-refractivity contribution in [2.75, 3.05) is 11.9 Å². The Hall–Kier alpha value is -1.09. The van der Waals surface area contributed by atoms with Gasteiger partial charge in [-0.25, -0.2) is 0 Å². The Bertz CT molecular complexity index is 562. The summed E-state index contributed by atoms with van der Waals surface area (Å²) in [5.74, 6) is -0.516. The second-order valence-electron chi connectivity index (χ2n) is 4.62. The normalized spacial score (nSPS) is 18.2. The van der Waals surface area contributed by atoms with E-state index in [2.05, 4.69) is 27.9 Å². The zero-order valence-corrected chi connectivity index (χ0v) is 14.4. The number of hydrogen-bond donors (Lipinski definition) is 1. The fourth-order valence-electron chi connectivity index (χ4n) is 1.97. The number of benzene rings is 1. The Morgan fingerprint density at radius 2 is 2.00 bits per heavy atom. The summed E-state index contributed by atoms with van der Waals surface area (Å²) in [6, 6.07) is 7.38. The van der Waals surface area contributed by atoms with Crippen molar-refractivity contribution >= 4 is 57.1 Å². The van der Waals surface area contributed by atoms with E-state index in [-0.39, 0.29) is 23.5 Å². The number of nitrogens with one attached hydrogen (secondary N) is 1. The molecule has 0 saturated carbocycles. The number of thioether (sulfide) groups is 1. The van der Waals surface area contributed by atoms with Crippen molar-refractivity contribution in [3.05, 3.63) is 27.8 Å². The molecular weight excluding hydrogens is 403 g/mol. The first-order valence-corrected chi connectivity index (χ1v) is 8.54. The largest absolute Gasteiger partial charge is 0.326 e. The number of anilines is 1. The molecular formula is C14H15IN2O3S. The molecule has 0 radical (unpaired) electrons. The van der Waals surface area contributed by atoms with Gasteiger partial charge in [-0.2, -0.15) is 0 Å². The minimum Gasteiger partial charge on any atom is -0.326 e. The summed E-state index contributed by atoms with van der Waals surface area (Å²) in [4.78, 5) is 36.9. The molecule has 0 spiro atoms. The number of nitrogens with zero attached hydrogens (tertiary/aromatic N) is 1.